The average molecular weight is 292 g/mol. The van der Waals surface area contributed by atoms with Crippen LogP contribution in [0.3, 0.4) is 0 Å². The standard InChI is InChI=1S/C15H17FN2O3/c16-11-6-10(11)15(21)14-9-2-1-3-12(18-7-13(19)20)8(9)4-5-17-14/h1-3,10-11,14,17-18H,4-7H2,(H,19,20)/t10?,11-,14?/m0/s1. The molecule has 2 aliphatic rings. The first-order chi connectivity index (χ1) is 10.1. The summed E-state index contributed by atoms with van der Waals surface area (Å²) >= 11 is 0. The maximum atomic E-state index is 13.1. The van der Waals surface area contributed by atoms with Gasteiger partial charge in [0.15, 0.2) is 5.78 Å². The minimum Gasteiger partial charge on any atom is -0.480 e. The van der Waals surface area contributed by atoms with Crippen molar-refractivity contribution in [1.29, 1.82) is 0 Å². The van der Waals surface area contributed by atoms with Crippen LogP contribution in [-0.4, -0.2) is 36.1 Å². The number of rotatable bonds is 5. The third kappa shape index (κ3) is 2.76. The number of aliphatic carboxylic acids is 1. The van der Waals surface area contributed by atoms with E-state index in [4.69, 9.17) is 5.11 Å². The minimum atomic E-state index is -1.00. The summed E-state index contributed by atoms with van der Waals surface area (Å²) in [6, 6.07) is 4.97. The maximum Gasteiger partial charge on any atom is 0.322 e. The molecule has 0 aromatic heterocycles. The number of ketones is 1. The smallest absolute Gasteiger partial charge is 0.322 e. The summed E-state index contributed by atoms with van der Waals surface area (Å²) in [6.07, 6.45) is 0.0348. The van der Waals surface area contributed by atoms with Crippen LogP contribution >= 0.6 is 0 Å². The van der Waals surface area contributed by atoms with Gasteiger partial charge in [0.2, 0.25) is 0 Å². The number of alkyl halides is 1. The van der Waals surface area contributed by atoms with Crippen LogP contribution in [0.1, 0.15) is 23.6 Å². The molecule has 1 aromatic carbocycles. The molecule has 3 N–H and O–H groups in total. The van der Waals surface area contributed by atoms with E-state index in [2.05, 4.69) is 10.6 Å². The molecule has 1 saturated carbocycles. The average Bonchev–Trinajstić information content (AvgIpc) is 3.20. The Bertz CT molecular complexity index is 590. The quantitative estimate of drug-likeness (QED) is 0.762. The fourth-order valence-electron chi connectivity index (χ4n) is 2.87. The van der Waals surface area contributed by atoms with E-state index in [9.17, 15) is 14.0 Å². The summed E-state index contributed by atoms with van der Waals surface area (Å²) in [4.78, 5) is 23.0. The summed E-state index contributed by atoms with van der Waals surface area (Å²) < 4.78 is 13.1. The lowest BCUT2D eigenvalue weighted by molar-refractivity contribution is -0.135. The van der Waals surface area contributed by atoms with Crippen LogP contribution in [-0.2, 0) is 16.0 Å². The molecule has 112 valence electrons. The van der Waals surface area contributed by atoms with Crippen molar-refractivity contribution in [3.63, 3.8) is 0 Å². The molecule has 3 rings (SSSR count). The minimum absolute atomic E-state index is 0.0983. The summed E-state index contributed by atoms with van der Waals surface area (Å²) in [5, 5.41) is 14.8. The number of hydrogen-bond acceptors (Lipinski definition) is 4. The Balaban J connectivity index is 1.86. The number of carboxylic acid groups (broad SMARTS) is 1. The van der Waals surface area contributed by atoms with Gasteiger partial charge in [0.1, 0.15) is 12.7 Å². The number of nitrogens with one attached hydrogen (secondary N) is 2. The van der Waals surface area contributed by atoms with Gasteiger partial charge in [0.05, 0.1) is 12.0 Å². The zero-order valence-corrected chi connectivity index (χ0v) is 11.4. The summed E-state index contributed by atoms with van der Waals surface area (Å²) in [5.74, 6) is -1.52. The van der Waals surface area contributed by atoms with Gasteiger partial charge in [-0.2, -0.15) is 0 Å². The number of carbonyl (C=O) groups is 2. The fraction of sp³-hybridized carbons (Fsp3) is 0.467. The van der Waals surface area contributed by atoms with Crippen molar-refractivity contribution >= 4 is 17.4 Å². The molecule has 1 aliphatic carbocycles. The first-order valence-electron chi connectivity index (χ1n) is 7.06. The Kier molecular flexibility index (Phi) is 3.63. The highest BCUT2D eigenvalue weighted by molar-refractivity contribution is 5.91. The van der Waals surface area contributed by atoms with Crippen molar-refractivity contribution in [3.05, 3.63) is 29.3 Å². The second-order valence-corrected chi connectivity index (χ2v) is 5.52. The Hall–Kier alpha value is -1.95. The fourth-order valence-corrected chi connectivity index (χ4v) is 2.87. The van der Waals surface area contributed by atoms with E-state index in [0.29, 0.717) is 19.4 Å². The highest BCUT2D eigenvalue weighted by Gasteiger charge is 2.47. The van der Waals surface area contributed by atoms with Crippen LogP contribution in [0.25, 0.3) is 0 Å². The molecule has 1 fully saturated rings. The SMILES string of the molecule is O=C(O)CNc1cccc2c1CCNC2C(=O)C1C[C@@H]1F. The molecule has 0 saturated heterocycles. The Morgan fingerprint density at radius 1 is 1.43 bits per heavy atom. The van der Waals surface area contributed by atoms with E-state index in [1.807, 2.05) is 12.1 Å². The number of carbonyl (C=O) groups excluding carboxylic acids is 1. The van der Waals surface area contributed by atoms with Gasteiger partial charge in [-0.25, -0.2) is 4.39 Å². The third-order valence-electron chi connectivity index (χ3n) is 4.04. The molecule has 6 heteroatoms. The van der Waals surface area contributed by atoms with Crippen molar-refractivity contribution < 1.29 is 19.1 Å². The summed E-state index contributed by atoms with van der Waals surface area (Å²) in [7, 11) is 0. The van der Waals surface area contributed by atoms with E-state index in [1.54, 1.807) is 6.07 Å². The first kappa shape index (κ1) is 14.0. The molecule has 21 heavy (non-hydrogen) atoms. The van der Waals surface area contributed by atoms with E-state index in [1.165, 1.54) is 0 Å². The lowest BCUT2D eigenvalue weighted by Crippen LogP contribution is -2.36. The molecule has 0 spiro atoms. The van der Waals surface area contributed by atoms with Crippen LogP contribution in [0.4, 0.5) is 10.1 Å². The number of Topliss-reactive ketones (excluding diaryl/α,β-unsaturated/α-hetero) is 1. The van der Waals surface area contributed by atoms with Gasteiger partial charge in [-0.05, 0) is 30.0 Å². The van der Waals surface area contributed by atoms with Crippen molar-refractivity contribution in [1.82, 2.24) is 5.32 Å². The highest BCUT2D eigenvalue weighted by atomic mass is 19.1. The topological polar surface area (TPSA) is 78.4 Å². The molecule has 0 amide bonds. The molecule has 3 atom stereocenters. The van der Waals surface area contributed by atoms with Crippen LogP contribution < -0.4 is 10.6 Å². The first-order valence-corrected chi connectivity index (χ1v) is 7.06. The van der Waals surface area contributed by atoms with Gasteiger partial charge in [-0.15, -0.1) is 0 Å². The molecule has 2 unspecified atom stereocenters. The van der Waals surface area contributed by atoms with Gasteiger partial charge in [0, 0.05) is 12.2 Å². The van der Waals surface area contributed by atoms with Crippen LogP contribution in [0.2, 0.25) is 0 Å². The number of carboxylic acids is 1. The number of anilines is 1. The Morgan fingerprint density at radius 2 is 2.19 bits per heavy atom. The van der Waals surface area contributed by atoms with Crippen LogP contribution in [0.15, 0.2) is 18.2 Å². The molecular weight excluding hydrogens is 275 g/mol. The zero-order valence-electron chi connectivity index (χ0n) is 11.4. The van der Waals surface area contributed by atoms with E-state index in [-0.39, 0.29) is 12.3 Å². The monoisotopic (exact) mass is 292 g/mol. The molecular formula is C15H17FN2O3. The van der Waals surface area contributed by atoms with E-state index < -0.39 is 24.1 Å². The molecule has 0 radical (unpaired) electrons. The van der Waals surface area contributed by atoms with E-state index >= 15 is 0 Å². The van der Waals surface area contributed by atoms with Crippen molar-refractivity contribution in [2.75, 3.05) is 18.4 Å². The predicted molar refractivity (Wildman–Crippen MR) is 75.0 cm³/mol. The summed E-state index contributed by atoms with van der Waals surface area (Å²) in [5.41, 5.74) is 2.52. The van der Waals surface area contributed by atoms with Gasteiger partial charge in [-0.3, -0.25) is 9.59 Å². The lowest BCUT2D eigenvalue weighted by atomic mass is 9.89. The Labute approximate surface area is 121 Å². The number of benzene rings is 1. The summed E-state index contributed by atoms with van der Waals surface area (Å²) in [6.45, 7) is 0.455. The van der Waals surface area contributed by atoms with E-state index in [0.717, 1.165) is 16.8 Å². The number of fused-ring (bicyclic) bond motifs is 1. The highest BCUT2D eigenvalue weighted by Crippen LogP contribution is 2.40. The van der Waals surface area contributed by atoms with Crippen molar-refractivity contribution in [3.8, 4) is 0 Å². The van der Waals surface area contributed by atoms with Crippen molar-refractivity contribution in [2.24, 2.45) is 5.92 Å². The maximum absolute atomic E-state index is 13.1. The molecule has 5 nitrogen and oxygen atoms in total. The Morgan fingerprint density at radius 3 is 2.86 bits per heavy atom. The van der Waals surface area contributed by atoms with Gasteiger partial charge in [-0.1, -0.05) is 12.1 Å². The third-order valence-corrected chi connectivity index (χ3v) is 4.04. The normalized spacial score (nSPS) is 26.8. The number of halogens is 1. The molecule has 1 aliphatic heterocycles. The van der Waals surface area contributed by atoms with Crippen LogP contribution in [0, 0.1) is 5.92 Å². The number of hydrogen-bond donors (Lipinski definition) is 3. The van der Waals surface area contributed by atoms with Gasteiger partial charge in [0.25, 0.3) is 0 Å². The second-order valence-electron chi connectivity index (χ2n) is 5.52. The molecule has 1 aromatic rings. The zero-order chi connectivity index (χ0) is 15.0. The van der Waals surface area contributed by atoms with Crippen molar-refractivity contribution in [2.45, 2.75) is 25.1 Å². The second kappa shape index (κ2) is 5.44. The van der Waals surface area contributed by atoms with Crippen LogP contribution in [0.5, 0.6) is 0 Å². The largest absolute Gasteiger partial charge is 0.480 e. The molecule has 0 bridgehead atoms. The van der Waals surface area contributed by atoms with Gasteiger partial charge >= 0.3 is 5.97 Å². The lowest BCUT2D eigenvalue weighted by Gasteiger charge is -2.28. The molecule has 1 heterocycles. The van der Waals surface area contributed by atoms with Gasteiger partial charge < -0.3 is 15.7 Å². The predicted octanol–water partition coefficient (Wildman–Crippen LogP) is 1.30.